The largest absolute Gasteiger partial charge is 0.480 e. The SMILES string of the molecule is C#CCC(NC(=O)NCC1CCCCN1C)C(=O)O. The molecule has 2 amide bonds. The number of likely N-dealkylation sites (N-methyl/N-ethyl adjacent to an activating group) is 1. The zero-order valence-electron chi connectivity index (χ0n) is 11.2. The van der Waals surface area contributed by atoms with Crippen molar-refractivity contribution in [3.63, 3.8) is 0 Å². The molecule has 1 aliphatic rings. The fraction of sp³-hybridized carbons (Fsp3) is 0.692. The van der Waals surface area contributed by atoms with E-state index in [0.717, 1.165) is 19.4 Å². The number of urea groups is 1. The van der Waals surface area contributed by atoms with E-state index >= 15 is 0 Å². The lowest BCUT2D eigenvalue weighted by Gasteiger charge is -2.32. The average Bonchev–Trinajstić information content (AvgIpc) is 2.37. The number of amides is 2. The fourth-order valence-electron chi connectivity index (χ4n) is 2.14. The van der Waals surface area contributed by atoms with Gasteiger partial charge in [-0.15, -0.1) is 12.3 Å². The van der Waals surface area contributed by atoms with Gasteiger partial charge in [-0.1, -0.05) is 6.42 Å². The molecule has 0 saturated carbocycles. The molecule has 0 aliphatic carbocycles. The van der Waals surface area contributed by atoms with Crippen molar-refractivity contribution < 1.29 is 14.7 Å². The Bertz CT molecular complexity index is 365. The van der Waals surface area contributed by atoms with Crippen LogP contribution in [0.4, 0.5) is 4.79 Å². The third-order valence-corrected chi connectivity index (χ3v) is 3.35. The molecule has 1 rings (SSSR count). The van der Waals surface area contributed by atoms with Crippen molar-refractivity contribution in [3.8, 4) is 12.3 Å². The predicted octanol–water partition coefficient (Wildman–Crippen LogP) is 0.246. The third-order valence-electron chi connectivity index (χ3n) is 3.35. The molecule has 1 saturated heterocycles. The Hall–Kier alpha value is -1.74. The number of nitrogens with one attached hydrogen (secondary N) is 2. The molecule has 0 radical (unpaired) electrons. The lowest BCUT2D eigenvalue weighted by atomic mass is 10.0. The van der Waals surface area contributed by atoms with Crippen LogP contribution in [-0.2, 0) is 4.79 Å². The Balaban J connectivity index is 2.34. The van der Waals surface area contributed by atoms with E-state index in [4.69, 9.17) is 11.5 Å². The number of aliphatic carboxylic acids is 1. The molecule has 6 nitrogen and oxygen atoms in total. The van der Waals surface area contributed by atoms with Gasteiger partial charge in [0.25, 0.3) is 0 Å². The smallest absolute Gasteiger partial charge is 0.327 e. The fourth-order valence-corrected chi connectivity index (χ4v) is 2.14. The molecule has 0 aromatic carbocycles. The summed E-state index contributed by atoms with van der Waals surface area (Å²) in [4.78, 5) is 24.7. The number of nitrogens with zero attached hydrogens (tertiary/aromatic N) is 1. The maximum absolute atomic E-state index is 11.6. The molecule has 19 heavy (non-hydrogen) atoms. The Morgan fingerprint density at radius 2 is 2.26 bits per heavy atom. The Morgan fingerprint density at radius 1 is 1.53 bits per heavy atom. The summed E-state index contributed by atoms with van der Waals surface area (Å²) in [5, 5.41) is 13.9. The first-order valence-electron chi connectivity index (χ1n) is 6.45. The number of likely N-dealkylation sites (tertiary alicyclic amines) is 1. The number of hydrogen-bond donors (Lipinski definition) is 3. The van der Waals surface area contributed by atoms with Crippen molar-refractivity contribution in [3.05, 3.63) is 0 Å². The van der Waals surface area contributed by atoms with Crippen LogP contribution in [0.2, 0.25) is 0 Å². The van der Waals surface area contributed by atoms with Gasteiger partial charge in [0.1, 0.15) is 6.04 Å². The number of hydrogen-bond acceptors (Lipinski definition) is 3. The van der Waals surface area contributed by atoms with E-state index in [1.807, 2.05) is 7.05 Å². The van der Waals surface area contributed by atoms with Crippen molar-refractivity contribution in [2.45, 2.75) is 37.8 Å². The van der Waals surface area contributed by atoms with Crippen LogP contribution in [0, 0.1) is 12.3 Å². The highest BCUT2D eigenvalue weighted by atomic mass is 16.4. The van der Waals surface area contributed by atoms with Gasteiger partial charge in [-0.05, 0) is 26.4 Å². The van der Waals surface area contributed by atoms with Crippen LogP contribution in [0.5, 0.6) is 0 Å². The van der Waals surface area contributed by atoms with Gasteiger partial charge in [0.05, 0.1) is 0 Å². The zero-order valence-corrected chi connectivity index (χ0v) is 11.2. The average molecular weight is 267 g/mol. The molecule has 106 valence electrons. The summed E-state index contributed by atoms with van der Waals surface area (Å²) in [7, 11) is 2.03. The van der Waals surface area contributed by atoms with Crippen molar-refractivity contribution in [2.24, 2.45) is 0 Å². The molecular formula is C13H21N3O3. The standard InChI is InChI=1S/C13H21N3O3/c1-3-6-11(12(17)18)15-13(19)14-9-10-7-4-5-8-16(10)2/h1,10-11H,4-9H2,2H3,(H,17,18)(H2,14,15,19). The van der Waals surface area contributed by atoms with E-state index < -0.39 is 18.0 Å². The molecular weight excluding hydrogens is 246 g/mol. The molecule has 0 spiro atoms. The van der Waals surface area contributed by atoms with Gasteiger partial charge in [0, 0.05) is 19.0 Å². The van der Waals surface area contributed by atoms with Crippen LogP contribution in [0.1, 0.15) is 25.7 Å². The maximum Gasteiger partial charge on any atom is 0.327 e. The van der Waals surface area contributed by atoms with Crippen LogP contribution in [0.3, 0.4) is 0 Å². The van der Waals surface area contributed by atoms with Crippen LogP contribution in [0.15, 0.2) is 0 Å². The Morgan fingerprint density at radius 3 is 2.84 bits per heavy atom. The topological polar surface area (TPSA) is 81.7 Å². The van der Waals surface area contributed by atoms with Gasteiger partial charge in [-0.2, -0.15) is 0 Å². The summed E-state index contributed by atoms with van der Waals surface area (Å²) in [6.45, 7) is 1.55. The van der Waals surface area contributed by atoms with E-state index in [2.05, 4.69) is 21.5 Å². The van der Waals surface area contributed by atoms with Crippen molar-refractivity contribution >= 4 is 12.0 Å². The second kappa shape index (κ2) is 7.64. The number of carbonyl (C=O) groups is 2. The second-order valence-electron chi connectivity index (χ2n) is 4.78. The van der Waals surface area contributed by atoms with Crippen LogP contribution >= 0.6 is 0 Å². The summed E-state index contributed by atoms with van der Waals surface area (Å²) in [6, 6.07) is -1.20. The molecule has 1 fully saturated rings. The Labute approximate surface area is 113 Å². The van der Waals surface area contributed by atoms with E-state index in [9.17, 15) is 9.59 Å². The number of carboxylic acids is 1. The van der Waals surface area contributed by atoms with Crippen molar-refractivity contribution in [2.75, 3.05) is 20.1 Å². The molecule has 2 atom stereocenters. The minimum atomic E-state index is -1.12. The Kier molecular flexibility index (Phi) is 6.16. The van der Waals surface area contributed by atoms with E-state index in [1.165, 1.54) is 6.42 Å². The molecule has 0 bridgehead atoms. The summed E-state index contributed by atoms with van der Waals surface area (Å²) in [5.41, 5.74) is 0. The highest BCUT2D eigenvalue weighted by Gasteiger charge is 2.21. The quantitative estimate of drug-likeness (QED) is 0.624. The molecule has 0 aromatic rings. The highest BCUT2D eigenvalue weighted by molar-refractivity contribution is 5.82. The third kappa shape index (κ3) is 5.18. The predicted molar refractivity (Wildman–Crippen MR) is 71.7 cm³/mol. The molecule has 1 heterocycles. The first kappa shape index (κ1) is 15.3. The van der Waals surface area contributed by atoms with Crippen LogP contribution in [0.25, 0.3) is 0 Å². The maximum atomic E-state index is 11.6. The molecule has 1 aliphatic heterocycles. The van der Waals surface area contributed by atoms with Crippen LogP contribution in [-0.4, -0.2) is 54.2 Å². The van der Waals surface area contributed by atoms with Gasteiger partial charge in [-0.3, -0.25) is 0 Å². The normalized spacial score (nSPS) is 21.2. The summed E-state index contributed by atoms with van der Waals surface area (Å²) in [5.74, 6) is 1.11. The lowest BCUT2D eigenvalue weighted by Crippen LogP contribution is -2.50. The number of carboxylic acid groups (broad SMARTS) is 1. The van der Waals surface area contributed by atoms with E-state index in [0.29, 0.717) is 12.6 Å². The van der Waals surface area contributed by atoms with Crippen molar-refractivity contribution in [1.82, 2.24) is 15.5 Å². The monoisotopic (exact) mass is 267 g/mol. The van der Waals surface area contributed by atoms with Crippen molar-refractivity contribution in [1.29, 1.82) is 0 Å². The van der Waals surface area contributed by atoms with Gasteiger partial charge in [0.2, 0.25) is 0 Å². The van der Waals surface area contributed by atoms with Gasteiger partial charge >= 0.3 is 12.0 Å². The summed E-state index contributed by atoms with van der Waals surface area (Å²) >= 11 is 0. The number of carbonyl (C=O) groups excluding carboxylic acids is 1. The summed E-state index contributed by atoms with van der Waals surface area (Å²) < 4.78 is 0. The zero-order chi connectivity index (χ0) is 14.3. The lowest BCUT2D eigenvalue weighted by molar-refractivity contribution is -0.139. The van der Waals surface area contributed by atoms with Gasteiger partial charge < -0.3 is 20.6 Å². The number of rotatable bonds is 5. The molecule has 6 heteroatoms. The molecule has 2 unspecified atom stereocenters. The first-order chi connectivity index (χ1) is 9.04. The van der Waals surface area contributed by atoms with E-state index in [-0.39, 0.29) is 6.42 Å². The van der Waals surface area contributed by atoms with E-state index in [1.54, 1.807) is 0 Å². The number of terminal acetylenes is 1. The molecule has 0 aromatic heterocycles. The molecule has 3 N–H and O–H groups in total. The first-order valence-corrected chi connectivity index (χ1v) is 6.45. The van der Waals surface area contributed by atoms with Gasteiger partial charge in [0.15, 0.2) is 0 Å². The van der Waals surface area contributed by atoms with Crippen LogP contribution < -0.4 is 10.6 Å². The van der Waals surface area contributed by atoms with Gasteiger partial charge in [-0.25, -0.2) is 9.59 Å². The minimum absolute atomic E-state index is 0.0217. The minimum Gasteiger partial charge on any atom is -0.480 e. The highest BCUT2D eigenvalue weighted by Crippen LogP contribution is 2.13. The number of piperidine rings is 1. The summed E-state index contributed by atoms with van der Waals surface area (Å²) in [6.07, 6.45) is 8.43. The second-order valence-corrected chi connectivity index (χ2v) is 4.78.